The Morgan fingerprint density at radius 3 is 1.33 bits per heavy atom. The van der Waals surface area contributed by atoms with Gasteiger partial charge in [-0.15, -0.1) is 0 Å². The molecule has 0 atom stereocenters. The molecule has 0 N–H and O–H groups in total. The normalized spacial score (nSPS) is 11.1. The van der Waals surface area contributed by atoms with E-state index in [0.29, 0.717) is 52.2 Å². The molecule has 0 aliphatic carbocycles. The van der Waals surface area contributed by atoms with Crippen LogP contribution in [-0.4, -0.2) is 24.5 Å². The summed E-state index contributed by atoms with van der Waals surface area (Å²) < 4.78 is 26.6. The van der Waals surface area contributed by atoms with Crippen LogP contribution in [0.3, 0.4) is 0 Å². The molecule has 4 heterocycles. The van der Waals surface area contributed by atoms with Crippen molar-refractivity contribution in [3.8, 4) is 52.2 Å². The first-order valence-corrected chi connectivity index (χ1v) is 15.7. The molecule has 0 bridgehead atoms. The van der Waals surface area contributed by atoms with Gasteiger partial charge in [0.25, 0.3) is 0 Å². The average molecular weight is 644 g/mol. The SMILES string of the molecule is Cc1ccc(Oc2cccc(Oc3ccc4c5ccc(Oc6cccc(Oc7ccc(C)cn7)c6)cc5n(-c5ncccn5)c4c3)c2)nc1. The highest BCUT2D eigenvalue weighted by atomic mass is 16.5. The summed E-state index contributed by atoms with van der Waals surface area (Å²) in [5.41, 5.74) is 3.89. The number of rotatable bonds is 9. The van der Waals surface area contributed by atoms with Crippen molar-refractivity contribution in [3.63, 3.8) is 0 Å². The van der Waals surface area contributed by atoms with Gasteiger partial charge in [0.1, 0.15) is 34.5 Å². The first-order chi connectivity index (χ1) is 24.0. The highest BCUT2D eigenvalue weighted by Crippen LogP contribution is 2.38. The predicted octanol–water partition coefficient (Wildman–Crippen LogP) is 10.1. The second-order valence-corrected chi connectivity index (χ2v) is 11.4. The molecule has 0 saturated heterocycles. The first-order valence-electron chi connectivity index (χ1n) is 15.7. The maximum atomic E-state index is 6.34. The monoisotopic (exact) mass is 643 g/mol. The van der Waals surface area contributed by atoms with Crippen LogP contribution in [-0.2, 0) is 0 Å². The van der Waals surface area contributed by atoms with Gasteiger partial charge in [0.15, 0.2) is 0 Å². The van der Waals surface area contributed by atoms with Gasteiger partial charge in [-0.1, -0.05) is 24.3 Å². The van der Waals surface area contributed by atoms with Crippen LogP contribution in [0.15, 0.2) is 140 Å². The van der Waals surface area contributed by atoms with E-state index in [1.165, 1.54) is 0 Å². The van der Waals surface area contributed by atoms with E-state index < -0.39 is 0 Å². The van der Waals surface area contributed by atoms with Crippen LogP contribution in [0.5, 0.6) is 46.3 Å². The summed E-state index contributed by atoms with van der Waals surface area (Å²) in [6, 6.07) is 36.3. The highest BCUT2D eigenvalue weighted by molar-refractivity contribution is 6.09. The number of fused-ring (bicyclic) bond motifs is 3. The molecule has 0 aliphatic rings. The molecule has 4 aromatic heterocycles. The Morgan fingerprint density at radius 2 is 0.878 bits per heavy atom. The molecule has 4 aromatic carbocycles. The van der Waals surface area contributed by atoms with Crippen molar-refractivity contribution in [2.45, 2.75) is 13.8 Å². The minimum Gasteiger partial charge on any atom is -0.457 e. The van der Waals surface area contributed by atoms with Gasteiger partial charge in [0.05, 0.1) is 11.0 Å². The molecule has 0 aliphatic heterocycles. The fourth-order valence-electron chi connectivity index (χ4n) is 5.47. The van der Waals surface area contributed by atoms with Gasteiger partial charge in [-0.05, 0) is 79.6 Å². The minimum atomic E-state index is 0.514. The molecule has 0 saturated carbocycles. The number of benzene rings is 4. The van der Waals surface area contributed by atoms with E-state index in [1.54, 1.807) is 30.9 Å². The number of hydrogen-bond acceptors (Lipinski definition) is 8. The predicted molar refractivity (Wildman–Crippen MR) is 187 cm³/mol. The van der Waals surface area contributed by atoms with Crippen LogP contribution >= 0.6 is 0 Å². The van der Waals surface area contributed by atoms with Crippen LogP contribution in [0.1, 0.15) is 11.1 Å². The Kier molecular flexibility index (Phi) is 7.75. The van der Waals surface area contributed by atoms with Crippen molar-refractivity contribution in [1.29, 1.82) is 0 Å². The minimum absolute atomic E-state index is 0.514. The molecular weight excluding hydrogens is 614 g/mol. The lowest BCUT2D eigenvalue weighted by molar-refractivity contribution is 0.448. The molecule has 0 unspecified atom stereocenters. The van der Waals surface area contributed by atoms with Crippen LogP contribution in [0.4, 0.5) is 0 Å². The molecule has 9 heteroatoms. The van der Waals surface area contributed by atoms with E-state index >= 15 is 0 Å². The van der Waals surface area contributed by atoms with Crippen molar-refractivity contribution in [2.75, 3.05) is 0 Å². The van der Waals surface area contributed by atoms with Gasteiger partial charge in [0.2, 0.25) is 17.7 Å². The number of aryl methyl sites for hydroxylation is 2. The average Bonchev–Trinajstić information content (AvgIpc) is 3.44. The van der Waals surface area contributed by atoms with E-state index in [0.717, 1.165) is 32.9 Å². The van der Waals surface area contributed by atoms with Gasteiger partial charge in [-0.3, -0.25) is 4.57 Å². The van der Waals surface area contributed by atoms with E-state index in [-0.39, 0.29) is 0 Å². The quantitative estimate of drug-likeness (QED) is 0.153. The van der Waals surface area contributed by atoms with Crippen molar-refractivity contribution < 1.29 is 18.9 Å². The lowest BCUT2D eigenvalue weighted by atomic mass is 10.1. The highest BCUT2D eigenvalue weighted by Gasteiger charge is 2.17. The zero-order chi connectivity index (χ0) is 33.2. The molecule has 9 nitrogen and oxygen atoms in total. The third-order valence-corrected chi connectivity index (χ3v) is 7.76. The van der Waals surface area contributed by atoms with Crippen molar-refractivity contribution >= 4 is 21.8 Å². The van der Waals surface area contributed by atoms with Crippen LogP contribution < -0.4 is 18.9 Å². The van der Waals surface area contributed by atoms with Crippen LogP contribution in [0, 0.1) is 13.8 Å². The molecule has 49 heavy (non-hydrogen) atoms. The molecular formula is C40H29N5O4. The summed E-state index contributed by atoms with van der Waals surface area (Å²) in [5.74, 6) is 5.35. The molecule has 8 rings (SSSR count). The topological polar surface area (TPSA) is 93.4 Å². The second kappa shape index (κ2) is 12.8. The Morgan fingerprint density at radius 1 is 0.429 bits per heavy atom. The fraction of sp³-hybridized carbons (Fsp3) is 0.0500. The lowest BCUT2D eigenvalue weighted by Gasteiger charge is -2.10. The zero-order valence-electron chi connectivity index (χ0n) is 26.6. The molecule has 238 valence electrons. The van der Waals surface area contributed by atoms with Gasteiger partial charge in [-0.2, -0.15) is 0 Å². The maximum Gasteiger partial charge on any atom is 0.234 e. The Balaban J connectivity index is 1.11. The summed E-state index contributed by atoms with van der Waals surface area (Å²) in [6.07, 6.45) is 6.99. The summed E-state index contributed by atoms with van der Waals surface area (Å²) >= 11 is 0. The smallest absolute Gasteiger partial charge is 0.234 e. The Labute approximate surface area is 282 Å². The van der Waals surface area contributed by atoms with E-state index in [4.69, 9.17) is 18.9 Å². The molecule has 8 aromatic rings. The Bertz CT molecular complexity index is 2260. The van der Waals surface area contributed by atoms with Crippen LogP contribution in [0.2, 0.25) is 0 Å². The van der Waals surface area contributed by atoms with E-state index in [9.17, 15) is 0 Å². The van der Waals surface area contributed by atoms with Gasteiger partial charge >= 0.3 is 0 Å². The van der Waals surface area contributed by atoms with Gasteiger partial charge in [-0.25, -0.2) is 19.9 Å². The second-order valence-electron chi connectivity index (χ2n) is 11.4. The number of ether oxygens (including phenoxy) is 4. The lowest BCUT2D eigenvalue weighted by Crippen LogP contribution is -2.00. The van der Waals surface area contributed by atoms with Gasteiger partial charge in [0, 0.05) is 72.0 Å². The fourth-order valence-corrected chi connectivity index (χ4v) is 5.47. The van der Waals surface area contributed by atoms with Crippen LogP contribution in [0.25, 0.3) is 27.8 Å². The third-order valence-electron chi connectivity index (χ3n) is 7.76. The molecule has 0 radical (unpaired) electrons. The molecule has 0 fully saturated rings. The summed E-state index contributed by atoms with van der Waals surface area (Å²) in [4.78, 5) is 17.9. The maximum absolute atomic E-state index is 6.34. The van der Waals surface area contributed by atoms with Crippen molar-refractivity contribution in [1.82, 2.24) is 24.5 Å². The number of aromatic nitrogens is 5. The summed E-state index contributed by atoms with van der Waals surface area (Å²) in [6.45, 7) is 3.97. The number of nitrogens with zero attached hydrogens (tertiary/aromatic N) is 5. The summed E-state index contributed by atoms with van der Waals surface area (Å²) in [7, 11) is 0. The Hall–Kier alpha value is -6.74. The number of pyridine rings is 2. The van der Waals surface area contributed by atoms with Gasteiger partial charge < -0.3 is 18.9 Å². The number of hydrogen-bond donors (Lipinski definition) is 0. The standard InChI is InChI=1S/C40H29N5O4/c1-26-10-16-38(43-24-26)48-30-8-3-6-28(20-30)46-32-12-14-34-35-15-13-33(23-37(35)45(36(34)22-32)40-41-18-5-19-42-40)47-29-7-4-9-31(21-29)49-39-17-11-27(2)25-44-39/h3-25H,1-2H3. The largest absolute Gasteiger partial charge is 0.457 e. The van der Waals surface area contributed by atoms with E-state index in [1.807, 2.05) is 128 Å². The van der Waals surface area contributed by atoms with E-state index in [2.05, 4.69) is 19.9 Å². The molecule has 0 spiro atoms. The molecule has 0 amide bonds. The first kappa shape index (κ1) is 29.6. The summed E-state index contributed by atoms with van der Waals surface area (Å²) in [5, 5.41) is 2.04. The van der Waals surface area contributed by atoms with Crippen molar-refractivity contribution in [3.05, 3.63) is 151 Å². The van der Waals surface area contributed by atoms with Crippen molar-refractivity contribution in [2.24, 2.45) is 0 Å². The third kappa shape index (κ3) is 6.45. The zero-order valence-corrected chi connectivity index (χ0v) is 26.6.